The maximum atomic E-state index is 12.1. The molecule has 1 N–H and O–H groups in total. The molecule has 0 atom stereocenters. The summed E-state index contributed by atoms with van der Waals surface area (Å²) in [6, 6.07) is 3.48. The monoisotopic (exact) mass is 298 g/mol. The zero-order valence-corrected chi connectivity index (χ0v) is 13.4. The van der Waals surface area contributed by atoms with E-state index in [-0.39, 0.29) is 5.91 Å². The molecule has 0 bridgehead atoms. The number of benzene rings is 1. The first-order valence-electron chi connectivity index (χ1n) is 6.81. The second kappa shape index (κ2) is 8.12. The molecule has 0 aliphatic carbocycles. The highest BCUT2D eigenvalue weighted by Crippen LogP contribution is 2.28. The van der Waals surface area contributed by atoms with E-state index >= 15 is 0 Å². The fourth-order valence-electron chi connectivity index (χ4n) is 1.86. The van der Waals surface area contributed by atoms with Gasteiger partial charge in [-0.3, -0.25) is 4.79 Å². The molecule has 20 heavy (non-hydrogen) atoms. The van der Waals surface area contributed by atoms with Crippen molar-refractivity contribution in [1.82, 2.24) is 10.2 Å². The lowest BCUT2D eigenvalue weighted by Gasteiger charge is -2.13. The SMILES string of the molecule is CCOc1cc(C)c(C(=O)NCCCN(C)C)cc1Cl. The Morgan fingerprint density at radius 2 is 2.10 bits per heavy atom. The topological polar surface area (TPSA) is 41.6 Å². The van der Waals surface area contributed by atoms with Crippen molar-refractivity contribution in [3.05, 3.63) is 28.3 Å². The number of aryl methyl sites for hydroxylation is 1. The molecule has 0 fully saturated rings. The van der Waals surface area contributed by atoms with E-state index in [0.717, 1.165) is 18.5 Å². The fraction of sp³-hybridized carbons (Fsp3) is 0.533. The van der Waals surface area contributed by atoms with Crippen LogP contribution in [-0.4, -0.2) is 44.6 Å². The van der Waals surface area contributed by atoms with Gasteiger partial charge in [-0.15, -0.1) is 0 Å². The van der Waals surface area contributed by atoms with Crippen LogP contribution in [0.25, 0.3) is 0 Å². The van der Waals surface area contributed by atoms with Crippen LogP contribution in [0.15, 0.2) is 12.1 Å². The van der Waals surface area contributed by atoms with Crippen LogP contribution in [0.3, 0.4) is 0 Å². The highest BCUT2D eigenvalue weighted by Gasteiger charge is 2.12. The lowest BCUT2D eigenvalue weighted by atomic mass is 10.1. The summed E-state index contributed by atoms with van der Waals surface area (Å²) < 4.78 is 5.41. The van der Waals surface area contributed by atoms with Gasteiger partial charge in [0.2, 0.25) is 0 Å². The molecule has 0 spiro atoms. The number of ether oxygens (including phenoxy) is 1. The van der Waals surface area contributed by atoms with Crippen LogP contribution in [0, 0.1) is 6.92 Å². The van der Waals surface area contributed by atoms with Crippen molar-refractivity contribution in [3.8, 4) is 5.75 Å². The highest BCUT2D eigenvalue weighted by molar-refractivity contribution is 6.32. The minimum atomic E-state index is -0.0915. The van der Waals surface area contributed by atoms with Gasteiger partial charge < -0.3 is 15.0 Å². The van der Waals surface area contributed by atoms with E-state index in [1.54, 1.807) is 12.1 Å². The van der Waals surface area contributed by atoms with Gasteiger partial charge in [0.15, 0.2) is 0 Å². The van der Waals surface area contributed by atoms with Crippen LogP contribution in [-0.2, 0) is 0 Å². The van der Waals surface area contributed by atoms with Gasteiger partial charge in [-0.25, -0.2) is 0 Å². The van der Waals surface area contributed by atoms with E-state index in [2.05, 4.69) is 10.2 Å². The highest BCUT2D eigenvalue weighted by atomic mass is 35.5. The molecule has 5 heteroatoms. The van der Waals surface area contributed by atoms with Crippen molar-refractivity contribution in [1.29, 1.82) is 0 Å². The molecule has 1 aromatic carbocycles. The summed E-state index contributed by atoms with van der Waals surface area (Å²) in [6.45, 7) is 5.93. The van der Waals surface area contributed by atoms with Crippen molar-refractivity contribution < 1.29 is 9.53 Å². The van der Waals surface area contributed by atoms with Crippen molar-refractivity contribution >= 4 is 17.5 Å². The lowest BCUT2D eigenvalue weighted by Crippen LogP contribution is -2.27. The molecule has 4 nitrogen and oxygen atoms in total. The van der Waals surface area contributed by atoms with Gasteiger partial charge in [0.05, 0.1) is 11.6 Å². The summed E-state index contributed by atoms with van der Waals surface area (Å²) >= 11 is 6.12. The molecule has 0 saturated heterocycles. The molecular formula is C15H23ClN2O2. The van der Waals surface area contributed by atoms with Gasteiger partial charge in [-0.2, -0.15) is 0 Å². The third-order valence-corrected chi connectivity index (χ3v) is 3.19. The summed E-state index contributed by atoms with van der Waals surface area (Å²) in [5.74, 6) is 0.530. The molecule has 0 unspecified atom stereocenters. The summed E-state index contributed by atoms with van der Waals surface area (Å²) in [4.78, 5) is 14.2. The van der Waals surface area contributed by atoms with Gasteiger partial charge in [0, 0.05) is 12.1 Å². The van der Waals surface area contributed by atoms with E-state index in [1.165, 1.54) is 0 Å². The number of amides is 1. The summed E-state index contributed by atoms with van der Waals surface area (Å²) in [5.41, 5.74) is 1.46. The first-order chi connectivity index (χ1) is 9.45. The number of hydrogen-bond acceptors (Lipinski definition) is 3. The number of hydrogen-bond donors (Lipinski definition) is 1. The number of carbonyl (C=O) groups is 1. The Labute approximate surface area is 126 Å². The Hall–Kier alpha value is -1.26. The van der Waals surface area contributed by atoms with Crippen LogP contribution < -0.4 is 10.1 Å². The summed E-state index contributed by atoms with van der Waals surface area (Å²) in [5, 5.41) is 3.38. The van der Waals surface area contributed by atoms with Crippen LogP contribution in [0.4, 0.5) is 0 Å². The van der Waals surface area contributed by atoms with Crippen LogP contribution >= 0.6 is 11.6 Å². The molecule has 0 saturated carbocycles. The minimum Gasteiger partial charge on any atom is -0.492 e. The molecule has 1 amide bonds. The number of nitrogens with one attached hydrogen (secondary N) is 1. The maximum Gasteiger partial charge on any atom is 0.251 e. The normalized spacial score (nSPS) is 10.7. The van der Waals surface area contributed by atoms with Gasteiger partial charge in [-0.05, 0) is 58.6 Å². The molecular weight excluding hydrogens is 276 g/mol. The lowest BCUT2D eigenvalue weighted by molar-refractivity contribution is 0.0951. The maximum absolute atomic E-state index is 12.1. The van der Waals surface area contributed by atoms with Crippen molar-refractivity contribution in [2.75, 3.05) is 33.8 Å². The quantitative estimate of drug-likeness (QED) is 0.787. The Bertz CT molecular complexity index is 461. The second-order valence-corrected chi connectivity index (χ2v) is 5.35. The fourth-order valence-corrected chi connectivity index (χ4v) is 2.08. The van der Waals surface area contributed by atoms with Crippen LogP contribution in [0.2, 0.25) is 5.02 Å². The van der Waals surface area contributed by atoms with Gasteiger partial charge in [0.1, 0.15) is 5.75 Å². The number of nitrogens with zero attached hydrogens (tertiary/aromatic N) is 1. The molecule has 0 aromatic heterocycles. The van der Waals surface area contributed by atoms with E-state index in [4.69, 9.17) is 16.3 Å². The van der Waals surface area contributed by atoms with E-state index < -0.39 is 0 Å². The molecule has 0 heterocycles. The molecule has 0 radical (unpaired) electrons. The smallest absolute Gasteiger partial charge is 0.251 e. The van der Waals surface area contributed by atoms with Crippen molar-refractivity contribution in [3.63, 3.8) is 0 Å². The minimum absolute atomic E-state index is 0.0915. The molecule has 112 valence electrons. The van der Waals surface area contributed by atoms with Crippen molar-refractivity contribution in [2.24, 2.45) is 0 Å². The van der Waals surface area contributed by atoms with E-state index in [0.29, 0.717) is 29.5 Å². The molecule has 1 rings (SSSR count). The first kappa shape index (κ1) is 16.8. The molecule has 0 aliphatic rings. The molecule has 0 aliphatic heterocycles. The zero-order chi connectivity index (χ0) is 15.1. The third kappa shape index (κ3) is 5.02. The van der Waals surface area contributed by atoms with Crippen LogP contribution in [0.1, 0.15) is 29.3 Å². The van der Waals surface area contributed by atoms with Gasteiger partial charge >= 0.3 is 0 Å². The Balaban J connectivity index is 2.66. The van der Waals surface area contributed by atoms with Gasteiger partial charge in [0.25, 0.3) is 5.91 Å². The van der Waals surface area contributed by atoms with Crippen LogP contribution in [0.5, 0.6) is 5.75 Å². The number of rotatable bonds is 7. The predicted molar refractivity (Wildman–Crippen MR) is 82.9 cm³/mol. The third-order valence-electron chi connectivity index (χ3n) is 2.89. The predicted octanol–water partition coefficient (Wildman–Crippen LogP) is 2.73. The average molecular weight is 299 g/mol. The average Bonchev–Trinajstić information content (AvgIpc) is 2.38. The standard InChI is InChI=1S/C15H23ClN2O2/c1-5-20-14-9-11(2)12(10-13(14)16)15(19)17-7-6-8-18(3)4/h9-10H,5-8H2,1-4H3,(H,17,19). The summed E-state index contributed by atoms with van der Waals surface area (Å²) in [7, 11) is 4.02. The largest absolute Gasteiger partial charge is 0.492 e. The van der Waals surface area contributed by atoms with E-state index in [1.807, 2.05) is 27.9 Å². The van der Waals surface area contributed by atoms with E-state index in [9.17, 15) is 4.79 Å². The Morgan fingerprint density at radius 1 is 1.40 bits per heavy atom. The summed E-state index contributed by atoms with van der Waals surface area (Å²) in [6.07, 6.45) is 0.919. The number of carbonyl (C=O) groups excluding carboxylic acids is 1. The first-order valence-corrected chi connectivity index (χ1v) is 7.19. The van der Waals surface area contributed by atoms with Gasteiger partial charge in [-0.1, -0.05) is 11.6 Å². The van der Waals surface area contributed by atoms with Crippen molar-refractivity contribution in [2.45, 2.75) is 20.3 Å². The zero-order valence-electron chi connectivity index (χ0n) is 12.6. The Kier molecular flexibility index (Phi) is 6.82. The Morgan fingerprint density at radius 3 is 2.70 bits per heavy atom. The number of halogens is 1. The second-order valence-electron chi connectivity index (χ2n) is 4.94. The molecule has 1 aromatic rings.